The number of nitrogens with zero attached hydrogens (tertiary/aromatic N) is 2. The highest BCUT2D eigenvalue weighted by atomic mass is 16.5. The molecule has 3 aromatic rings. The molecular formula is C23H24N2O3. The van der Waals surface area contributed by atoms with Crippen molar-refractivity contribution in [2.24, 2.45) is 0 Å². The van der Waals surface area contributed by atoms with Crippen LogP contribution in [0.5, 0.6) is 11.5 Å². The molecule has 5 heteroatoms. The van der Waals surface area contributed by atoms with E-state index in [0.717, 1.165) is 17.0 Å². The van der Waals surface area contributed by atoms with Crippen molar-refractivity contribution in [3.63, 3.8) is 0 Å². The van der Waals surface area contributed by atoms with Crippen LogP contribution in [-0.4, -0.2) is 29.8 Å². The van der Waals surface area contributed by atoms with Crippen molar-refractivity contribution >= 4 is 11.9 Å². The fourth-order valence-electron chi connectivity index (χ4n) is 3.11. The standard InChI is InChI=1S/C23H24N2O3/c1-16-20(17(2)25(24-16)15-18-8-6-5-7-9-18)12-13-22(26)21-11-10-19(27-3)14-23(21)28-4/h5-14H,15H2,1-4H3/b13-12+. The van der Waals surface area contributed by atoms with Crippen LogP contribution in [0.25, 0.3) is 6.08 Å². The van der Waals surface area contributed by atoms with E-state index in [2.05, 4.69) is 17.2 Å². The Morgan fingerprint density at radius 3 is 2.50 bits per heavy atom. The Morgan fingerprint density at radius 1 is 1.07 bits per heavy atom. The fourth-order valence-corrected chi connectivity index (χ4v) is 3.11. The summed E-state index contributed by atoms with van der Waals surface area (Å²) in [6.07, 6.45) is 3.39. The molecule has 0 amide bonds. The van der Waals surface area contributed by atoms with Crippen LogP contribution in [0.1, 0.15) is 32.9 Å². The first-order valence-electron chi connectivity index (χ1n) is 9.06. The van der Waals surface area contributed by atoms with Gasteiger partial charge in [0.05, 0.1) is 32.0 Å². The first-order chi connectivity index (χ1) is 13.5. The Morgan fingerprint density at radius 2 is 1.82 bits per heavy atom. The molecule has 0 radical (unpaired) electrons. The fraction of sp³-hybridized carbons (Fsp3) is 0.217. The zero-order valence-corrected chi connectivity index (χ0v) is 16.6. The monoisotopic (exact) mass is 376 g/mol. The van der Waals surface area contributed by atoms with E-state index in [1.807, 2.05) is 42.8 Å². The van der Waals surface area contributed by atoms with Gasteiger partial charge in [-0.2, -0.15) is 5.10 Å². The summed E-state index contributed by atoms with van der Waals surface area (Å²) in [6, 6.07) is 15.3. The number of carbonyl (C=O) groups is 1. The summed E-state index contributed by atoms with van der Waals surface area (Å²) in [6.45, 7) is 4.66. The van der Waals surface area contributed by atoms with Crippen LogP contribution in [0, 0.1) is 13.8 Å². The molecule has 0 aliphatic heterocycles. The maximum Gasteiger partial charge on any atom is 0.189 e. The minimum atomic E-state index is -0.130. The van der Waals surface area contributed by atoms with Gasteiger partial charge in [0.2, 0.25) is 0 Å². The second-order valence-corrected chi connectivity index (χ2v) is 6.49. The zero-order chi connectivity index (χ0) is 20.1. The molecule has 2 aromatic carbocycles. The quantitative estimate of drug-likeness (QED) is 0.451. The summed E-state index contributed by atoms with van der Waals surface area (Å²) in [5.41, 5.74) is 4.54. The third kappa shape index (κ3) is 4.14. The summed E-state index contributed by atoms with van der Waals surface area (Å²) in [7, 11) is 3.12. The highest BCUT2D eigenvalue weighted by Crippen LogP contribution is 2.26. The molecule has 0 saturated carbocycles. The number of carbonyl (C=O) groups excluding carboxylic acids is 1. The topological polar surface area (TPSA) is 53.3 Å². The molecule has 28 heavy (non-hydrogen) atoms. The molecule has 0 aliphatic carbocycles. The summed E-state index contributed by atoms with van der Waals surface area (Å²) in [4.78, 5) is 12.7. The molecule has 0 atom stereocenters. The van der Waals surface area contributed by atoms with E-state index in [4.69, 9.17) is 9.47 Å². The average molecular weight is 376 g/mol. The number of aryl methyl sites for hydroxylation is 1. The van der Waals surface area contributed by atoms with Gasteiger partial charge in [-0.05, 0) is 43.7 Å². The molecule has 0 bridgehead atoms. The maximum atomic E-state index is 12.7. The van der Waals surface area contributed by atoms with Gasteiger partial charge in [-0.15, -0.1) is 0 Å². The van der Waals surface area contributed by atoms with Crippen molar-refractivity contribution in [1.29, 1.82) is 0 Å². The first-order valence-corrected chi connectivity index (χ1v) is 9.06. The van der Waals surface area contributed by atoms with Gasteiger partial charge in [0, 0.05) is 17.3 Å². The zero-order valence-electron chi connectivity index (χ0n) is 16.6. The number of hydrogen-bond donors (Lipinski definition) is 0. The van der Waals surface area contributed by atoms with Gasteiger partial charge in [-0.3, -0.25) is 9.48 Å². The predicted molar refractivity (Wildman–Crippen MR) is 110 cm³/mol. The molecule has 0 saturated heterocycles. The summed E-state index contributed by atoms with van der Waals surface area (Å²) in [5, 5.41) is 4.63. The Bertz CT molecular complexity index is 1000. The van der Waals surface area contributed by atoms with Gasteiger partial charge in [-0.25, -0.2) is 0 Å². The molecule has 0 fully saturated rings. The van der Waals surface area contributed by atoms with E-state index in [-0.39, 0.29) is 5.78 Å². The smallest absolute Gasteiger partial charge is 0.189 e. The minimum Gasteiger partial charge on any atom is -0.497 e. The van der Waals surface area contributed by atoms with Gasteiger partial charge in [0.15, 0.2) is 5.78 Å². The van der Waals surface area contributed by atoms with Crippen LogP contribution in [0.2, 0.25) is 0 Å². The van der Waals surface area contributed by atoms with Crippen LogP contribution in [0.3, 0.4) is 0 Å². The Labute approximate surface area is 165 Å². The predicted octanol–water partition coefficient (Wildman–Crippen LogP) is 4.46. The first kappa shape index (κ1) is 19.4. The molecule has 1 heterocycles. The second kappa shape index (κ2) is 8.57. The van der Waals surface area contributed by atoms with Crippen LogP contribution in [-0.2, 0) is 6.54 Å². The number of rotatable bonds is 7. The van der Waals surface area contributed by atoms with Crippen molar-refractivity contribution < 1.29 is 14.3 Å². The van der Waals surface area contributed by atoms with Gasteiger partial charge in [0.25, 0.3) is 0 Å². The summed E-state index contributed by atoms with van der Waals surface area (Å²) >= 11 is 0. The third-order valence-corrected chi connectivity index (χ3v) is 4.69. The van der Waals surface area contributed by atoms with Crippen molar-refractivity contribution in [2.45, 2.75) is 20.4 Å². The van der Waals surface area contributed by atoms with E-state index in [0.29, 0.717) is 23.6 Å². The van der Waals surface area contributed by atoms with E-state index >= 15 is 0 Å². The van der Waals surface area contributed by atoms with Crippen LogP contribution >= 0.6 is 0 Å². The van der Waals surface area contributed by atoms with E-state index in [1.165, 1.54) is 12.7 Å². The largest absolute Gasteiger partial charge is 0.497 e. The molecule has 0 N–H and O–H groups in total. The summed E-state index contributed by atoms with van der Waals surface area (Å²) in [5.74, 6) is 1.00. The van der Waals surface area contributed by atoms with Gasteiger partial charge >= 0.3 is 0 Å². The normalized spacial score (nSPS) is 11.0. The van der Waals surface area contributed by atoms with Crippen molar-refractivity contribution in [3.8, 4) is 11.5 Å². The molecule has 1 aromatic heterocycles. The number of hydrogen-bond acceptors (Lipinski definition) is 4. The number of methoxy groups -OCH3 is 2. The van der Waals surface area contributed by atoms with Crippen LogP contribution in [0.4, 0.5) is 0 Å². The Hall–Kier alpha value is -3.34. The number of ketones is 1. The minimum absolute atomic E-state index is 0.130. The second-order valence-electron chi connectivity index (χ2n) is 6.49. The lowest BCUT2D eigenvalue weighted by Crippen LogP contribution is -2.03. The van der Waals surface area contributed by atoms with Crippen molar-refractivity contribution in [1.82, 2.24) is 9.78 Å². The number of aromatic nitrogens is 2. The highest BCUT2D eigenvalue weighted by molar-refractivity contribution is 6.08. The highest BCUT2D eigenvalue weighted by Gasteiger charge is 2.13. The maximum absolute atomic E-state index is 12.7. The number of benzene rings is 2. The van der Waals surface area contributed by atoms with E-state index < -0.39 is 0 Å². The summed E-state index contributed by atoms with van der Waals surface area (Å²) < 4.78 is 12.5. The van der Waals surface area contributed by atoms with Gasteiger partial charge in [0.1, 0.15) is 11.5 Å². The Kier molecular flexibility index (Phi) is 5.94. The number of allylic oxidation sites excluding steroid dienone is 1. The van der Waals surface area contributed by atoms with Crippen LogP contribution < -0.4 is 9.47 Å². The van der Waals surface area contributed by atoms with Gasteiger partial charge in [-0.1, -0.05) is 30.3 Å². The molecule has 0 aliphatic rings. The molecule has 0 spiro atoms. The van der Waals surface area contributed by atoms with E-state index in [1.54, 1.807) is 31.4 Å². The SMILES string of the molecule is COc1ccc(C(=O)/C=C/c2c(C)nn(Cc3ccccc3)c2C)c(OC)c1. The lowest BCUT2D eigenvalue weighted by Gasteiger charge is -2.08. The van der Waals surface area contributed by atoms with E-state index in [9.17, 15) is 4.79 Å². The van der Waals surface area contributed by atoms with Gasteiger partial charge < -0.3 is 9.47 Å². The van der Waals surface area contributed by atoms with Crippen molar-refractivity contribution in [2.75, 3.05) is 14.2 Å². The number of ether oxygens (including phenoxy) is 2. The molecule has 3 rings (SSSR count). The molecule has 0 unspecified atom stereocenters. The lowest BCUT2D eigenvalue weighted by atomic mass is 10.1. The van der Waals surface area contributed by atoms with Crippen LogP contribution in [0.15, 0.2) is 54.6 Å². The lowest BCUT2D eigenvalue weighted by molar-refractivity contribution is 0.104. The molecular weight excluding hydrogens is 352 g/mol. The van der Waals surface area contributed by atoms with Crippen molar-refractivity contribution in [3.05, 3.63) is 82.7 Å². The average Bonchev–Trinajstić information content (AvgIpc) is 2.99. The molecule has 144 valence electrons. The Balaban J connectivity index is 1.83. The third-order valence-electron chi connectivity index (χ3n) is 4.69. The molecule has 5 nitrogen and oxygen atoms in total.